The van der Waals surface area contributed by atoms with Crippen LogP contribution in [-0.4, -0.2) is 48.5 Å². The van der Waals surface area contributed by atoms with Crippen LogP contribution in [0.15, 0.2) is 59.1 Å². The van der Waals surface area contributed by atoms with E-state index in [-0.39, 0.29) is 11.3 Å². The summed E-state index contributed by atoms with van der Waals surface area (Å²) in [6.45, 7) is 3.55. The summed E-state index contributed by atoms with van der Waals surface area (Å²) in [7, 11) is 1.67. The molecule has 0 saturated carbocycles. The number of rotatable bonds is 3. The lowest BCUT2D eigenvalue weighted by Gasteiger charge is -2.29. The predicted octanol–water partition coefficient (Wildman–Crippen LogP) is 1.64. The molecule has 2 aliphatic rings. The Balaban J connectivity index is 1.81. The van der Waals surface area contributed by atoms with E-state index >= 15 is 0 Å². The Bertz CT molecular complexity index is 1090. The molecule has 0 unspecified atom stereocenters. The molecule has 1 aliphatic carbocycles. The van der Waals surface area contributed by atoms with Gasteiger partial charge in [0.1, 0.15) is 6.33 Å². The zero-order chi connectivity index (χ0) is 19.7. The van der Waals surface area contributed by atoms with E-state index in [0.717, 1.165) is 31.9 Å². The molecule has 28 heavy (non-hydrogen) atoms. The van der Waals surface area contributed by atoms with E-state index in [4.69, 9.17) is 5.41 Å². The van der Waals surface area contributed by atoms with Crippen molar-refractivity contribution in [3.05, 3.63) is 64.6 Å². The Kier molecular flexibility index (Phi) is 4.79. The SMILES string of the molecule is CN/C=C1/C=C(n2cnc3ccc(N4CCNCC4)cc3c2=O)C=C(F)C1=N. The van der Waals surface area contributed by atoms with Crippen LogP contribution in [0.25, 0.3) is 16.6 Å². The van der Waals surface area contributed by atoms with Gasteiger partial charge in [0.05, 0.1) is 22.3 Å². The molecule has 1 aromatic carbocycles. The molecule has 4 rings (SSSR count). The Hall–Kier alpha value is -3.26. The van der Waals surface area contributed by atoms with Crippen molar-refractivity contribution in [3.63, 3.8) is 0 Å². The number of hydrogen-bond acceptors (Lipinski definition) is 6. The number of nitrogens with one attached hydrogen (secondary N) is 3. The predicted molar refractivity (Wildman–Crippen MR) is 109 cm³/mol. The summed E-state index contributed by atoms with van der Waals surface area (Å²) in [4.78, 5) is 19.7. The van der Waals surface area contributed by atoms with E-state index in [0.29, 0.717) is 22.2 Å². The Morgan fingerprint density at radius 3 is 2.82 bits per heavy atom. The van der Waals surface area contributed by atoms with E-state index < -0.39 is 5.83 Å². The van der Waals surface area contributed by atoms with Gasteiger partial charge in [0.15, 0.2) is 5.83 Å². The third-order valence-electron chi connectivity index (χ3n) is 4.91. The molecule has 144 valence electrons. The maximum Gasteiger partial charge on any atom is 0.265 e. The molecule has 1 fully saturated rings. The van der Waals surface area contributed by atoms with E-state index in [1.165, 1.54) is 23.2 Å². The molecule has 7 nitrogen and oxygen atoms in total. The smallest absolute Gasteiger partial charge is 0.265 e. The van der Waals surface area contributed by atoms with Crippen LogP contribution in [-0.2, 0) is 0 Å². The molecule has 2 heterocycles. The number of hydrogen-bond donors (Lipinski definition) is 3. The molecule has 3 N–H and O–H groups in total. The van der Waals surface area contributed by atoms with Crippen molar-refractivity contribution in [1.29, 1.82) is 5.41 Å². The van der Waals surface area contributed by atoms with Gasteiger partial charge in [-0.1, -0.05) is 0 Å². The first kappa shape index (κ1) is 18.1. The van der Waals surface area contributed by atoms with Crippen molar-refractivity contribution in [3.8, 4) is 0 Å². The van der Waals surface area contributed by atoms with E-state index in [2.05, 4.69) is 20.5 Å². The highest BCUT2D eigenvalue weighted by atomic mass is 19.1. The van der Waals surface area contributed by atoms with Crippen LogP contribution in [0.1, 0.15) is 0 Å². The summed E-state index contributed by atoms with van der Waals surface area (Å²) in [5.74, 6) is -0.694. The lowest BCUT2D eigenvalue weighted by atomic mass is 10.0. The first-order valence-corrected chi connectivity index (χ1v) is 9.11. The third kappa shape index (κ3) is 3.22. The molecule has 1 aromatic heterocycles. The van der Waals surface area contributed by atoms with E-state index in [1.54, 1.807) is 13.1 Å². The number of fused-ring (bicyclic) bond motifs is 1. The summed E-state index contributed by atoms with van der Waals surface area (Å²) < 4.78 is 15.5. The summed E-state index contributed by atoms with van der Waals surface area (Å²) in [6, 6.07) is 5.66. The number of nitrogens with zero attached hydrogens (tertiary/aromatic N) is 3. The molecule has 0 radical (unpaired) electrons. The first-order chi connectivity index (χ1) is 13.6. The summed E-state index contributed by atoms with van der Waals surface area (Å²) >= 11 is 0. The Morgan fingerprint density at radius 2 is 2.07 bits per heavy atom. The standard InChI is InChI=1S/C20H21FN6O/c1-23-11-13-8-15(10-17(21)19(13)22)27-12-25-18-3-2-14(9-16(18)20(27)28)26-6-4-24-5-7-26/h2-3,8-12,22-24H,4-7H2,1H3/b13-11-,22-19?. The molecule has 2 aromatic rings. The molecule has 0 amide bonds. The highest BCUT2D eigenvalue weighted by Gasteiger charge is 2.19. The molecule has 0 spiro atoms. The van der Waals surface area contributed by atoms with E-state index in [1.807, 2.05) is 18.2 Å². The van der Waals surface area contributed by atoms with Gasteiger partial charge in [0.2, 0.25) is 0 Å². The normalized spacial score (nSPS) is 19.0. The van der Waals surface area contributed by atoms with Gasteiger partial charge in [-0.2, -0.15) is 0 Å². The van der Waals surface area contributed by atoms with Gasteiger partial charge in [-0.05, 0) is 24.3 Å². The second-order valence-corrected chi connectivity index (χ2v) is 6.68. The van der Waals surface area contributed by atoms with Gasteiger partial charge in [-0.3, -0.25) is 14.8 Å². The minimum atomic E-state index is -0.694. The largest absolute Gasteiger partial charge is 0.393 e. The van der Waals surface area contributed by atoms with Crippen LogP contribution < -0.4 is 21.1 Å². The second-order valence-electron chi connectivity index (χ2n) is 6.68. The lowest BCUT2D eigenvalue weighted by Crippen LogP contribution is -2.43. The van der Waals surface area contributed by atoms with E-state index in [9.17, 15) is 9.18 Å². The van der Waals surface area contributed by atoms with Crippen molar-refractivity contribution >= 4 is 28.0 Å². The van der Waals surface area contributed by atoms with Crippen molar-refractivity contribution in [2.75, 3.05) is 38.1 Å². The van der Waals surface area contributed by atoms with Crippen LogP contribution in [0, 0.1) is 5.41 Å². The van der Waals surface area contributed by atoms with Crippen molar-refractivity contribution in [2.45, 2.75) is 0 Å². The van der Waals surface area contributed by atoms with Crippen molar-refractivity contribution < 1.29 is 4.39 Å². The summed E-state index contributed by atoms with van der Waals surface area (Å²) in [5, 5.41) is 14.4. The Labute approximate surface area is 161 Å². The van der Waals surface area contributed by atoms with Crippen LogP contribution in [0.4, 0.5) is 10.1 Å². The van der Waals surface area contributed by atoms with Gasteiger partial charge >= 0.3 is 0 Å². The summed E-state index contributed by atoms with van der Waals surface area (Å²) in [6.07, 6.45) is 5.70. The number of allylic oxidation sites excluding steroid dienone is 5. The first-order valence-electron chi connectivity index (χ1n) is 9.11. The number of aromatic nitrogens is 2. The zero-order valence-corrected chi connectivity index (χ0v) is 15.5. The number of benzene rings is 1. The van der Waals surface area contributed by atoms with Crippen molar-refractivity contribution in [2.24, 2.45) is 0 Å². The summed E-state index contributed by atoms with van der Waals surface area (Å²) in [5.41, 5.74) is 1.78. The van der Waals surface area contributed by atoms with Crippen molar-refractivity contribution in [1.82, 2.24) is 20.2 Å². The van der Waals surface area contributed by atoms with Gasteiger partial charge in [-0.25, -0.2) is 9.37 Å². The quantitative estimate of drug-likeness (QED) is 0.754. The Morgan fingerprint density at radius 1 is 1.29 bits per heavy atom. The number of anilines is 1. The maximum atomic E-state index is 14.2. The molecular formula is C20H21FN6O. The average Bonchev–Trinajstić information content (AvgIpc) is 2.72. The molecule has 1 saturated heterocycles. The molecule has 8 heteroatoms. The minimum absolute atomic E-state index is 0.221. The van der Waals surface area contributed by atoms with Crippen LogP contribution in [0.2, 0.25) is 0 Å². The fourth-order valence-electron chi connectivity index (χ4n) is 3.44. The monoisotopic (exact) mass is 380 g/mol. The lowest BCUT2D eigenvalue weighted by molar-refractivity contribution is 0.589. The maximum absolute atomic E-state index is 14.2. The minimum Gasteiger partial charge on any atom is -0.393 e. The fraction of sp³-hybridized carbons (Fsp3) is 0.250. The van der Waals surface area contributed by atoms with Crippen LogP contribution >= 0.6 is 0 Å². The molecule has 1 aliphatic heterocycles. The van der Waals surface area contributed by atoms with Crippen LogP contribution in [0.5, 0.6) is 0 Å². The van der Waals surface area contributed by atoms with Gasteiger partial charge in [0, 0.05) is 56.8 Å². The number of piperazine rings is 1. The zero-order valence-electron chi connectivity index (χ0n) is 15.5. The second kappa shape index (κ2) is 7.40. The molecular weight excluding hydrogens is 359 g/mol. The molecule has 0 atom stereocenters. The highest BCUT2D eigenvalue weighted by molar-refractivity contribution is 6.14. The topological polar surface area (TPSA) is 86.0 Å². The molecule has 0 bridgehead atoms. The van der Waals surface area contributed by atoms with Gasteiger partial charge < -0.3 is 15.5 Å². The number of halogens is 1. The third-order valence-corrected chi connectivity index (χ3v) is 4.91. The average molecular weight is 380 g/mol. The van der Waals surface area contributed by atoms with Gasteiger partial charge in [0.25, 0.3) is 5.56 Å². The van der Waals surface area contributed by atoms with Crippen LogP contribution in [0.3, 0.4) is 0 Å². The fourth-order valence-corrected chi connectivity index (χ4v) is 3.44. The van der Waals surface area contributed by atoms with Gasteiger partial charge in [-0.15, -0.1) is 0 Å². The highest BCUT2D eigenvalue weighted by Crippen LogP contribution is 2.24.